The number of aromatic nitrogens is 1. The number of nitrogens with zero attached hydrogens (tertiary/aromatic N) is 2. The first-order chi connectivity index (χ1) is 15.4. The summed E-state index contributed by atoms with van der Waals surface area (Å²) in [5.41, 5.74) is 2.90. The second kappa shape index (κ2) is 13.7. The van der Waals surface area contributed by atoms with Gasteiger partial charge in [0.15, 0.2) is 5.37 Å². The van der Waals surface area contributed by atoms with Gasteiger partial charge in [0.25, 0.3) is 0 Å². The zero-order chi connectivity index (χ0) is 23.3. The predicted molar refractivity (Wildman–Crippen MR) is 129 cm³/mol. The van der Waals surface area contributed by atoms with Gasteiger partial charge < -0.3 is 15.4 Å². The Labute approximate surface area is 197 Å². The molecule has 1 atom stereocenters. The molecular weight excluding hydrogens is 448 g/mol. The second-order valence-corrected chi connectivity index (χ2v) is 9.26. The Kier molecular flexibility index (Phi) is 11.0. The van der Waals surface area contributed by atoms with Gasteiger partial charge >= 0.3 is 12.0 Å². The van der Waals surface area contributed by atoms with Crippen LogP contribution in [0.5, 0.6) is 0 Å². The monoisotopic (exact) mass is 478 g/mol. The molecule has 8 nitrogen and oxygen atoms in total. The van der Waals surface area contributed by atoms with Gasteiger partial charge in [0.2, 0.25) is 5.91 Å². The number of carbonyl (C=O) groups excluding carboxylic acids is 3. The number of thiazole rings is 1. The number of unbranched alkanes of at least 4 members (excludes halogenated alkanes) is 3. The molecule has 0 aliphatic heterocycles. The Morgan fingerprint density at radius 1 is 1.22 bits per heavy atom. The van der Waals surface area contributed by atoms with Crippen LogP contribution >= 0.6 is 23.1 Å². The van der Waals surface area contributed by atoms with E-state index in [1.807, 2.05) is 0 Å². The number of thioether (sulfide) groups is 1. The van der Waals surface area contributed by atoms with E-state index in [-0.39, 0.29) is 12.5 Å². The molecule has 1 aromatic heterocycles. The van der Waals surface area contributed by atoms with E-state index in [4.69, 9.17) is 4.74 Å². The fourth-order valence-corrected chi connectivity index (χ4v) is 4.59. The first kappa shape index (κ1) is 25.7. The van der Waals surface area contributed by atoms with Gasteiger partial charge in [-0.3, -0.25) is 14.7 Å². The van der Waals surface area contributed by atoms with Gasteiger partial charge in [-0.2, -0.15) is 0 Å². The van der Waals surface area contributed by atoms with Crippen LogP contribution in [0.15, 0.2) is 40.2 Å². The number of rotatable bonds is 12. The fourth-order valence-electron chi connectivity index (χ4n) is 2.92. The molecule has 0 radical (unpaired) electrons. The third-order valence-electron chi connectivity index (χ3n) is 4.36. The molecule has 0 aliphatic carbocycles. The molecule has 10 heteroatoms. The van der Waals surface area contributed by atoms with Crippen molar-refractivity contribution < 1.29 is 19.1 Å². The molecule has 3 amide bonds. The van der Waals surface area contributed by atoms with Crippen LogP contribution in [0.1, 0.15) is 46.5 Å². The van der Waals surface area contributed by atoms with Crippen LogP contribution in [0.2, 0.25) is 0 Å². The normalized spacial score (nSPS) is 11.5. The molecule has 0 saturated heterocycles. The van der Waals surface area contributed by atoms with E-state index in [1.165, 1.54) is 30.0 Å². The zero-order valence-electron chi connectivity index (χ0n) is 18.6. The lowest BCUT2D eigenvalue weighted by molar-refractivity contribution is -0.142. The predicted octanol–water partition coefficient (Wildman–Crippen LogP) is 4.88. The summed E-state index contributed by atoms with van der Waals surface area (Å²) in [4.78, 5) is 42.8. The van der Waals surface area contributed by atoms with E-state index in [1.54, 1.807) is 47.8 Å². The summed E-state index contributed by atoms with van der Waals surface area (Å²) in [6.07, 6.45) is 5.61. The molecule has 174 valence electrons. The number of hydrogen-bond donors (Lipinski definition) is 2. The van der Waals surface area contributed by atoms with Crippen molar-refractivity contribution in [1.29, 1.82) is 0 Å². The number of esters is 1. The molecule has 2 aromatic rings. The number of anilines is 2. The van der Waals surface area contributed by atoms with E-state index < -0.39 is 17.4 Å². The number of ether oxygens (including phenoxy) is 1. The summed E-state index contributed by atoms with van der Waals surface area (Å²) < 4.78 is 5.96. The molecule has 1 heterocycles. The van der Waals surface area contributed by atoms with E-state index >= 15 is 0 Å². The number of hydrogen-bond acceptors (Lipinski definition) is 7. The molecule has 2 N–H and O–H groups in total. The van der Waals surface area contributed by atoms with Crippen molar-refractivity contribution in [3.8, 4) is 0 Å². The zero-order valence-corrected chi connectivity index (χ0v) is 20.3. The minimum Gasteiger partial charge on any atom is -0.464 e. The highest BCUT2D eigenvalue weighted by molar-refractivity contribution is 8.02. The quantitative estimate of drug-likeness (QED) is 0.195. The van der Waals surface area contributed by atoms with Crippen LogP contribution in [0.4, 0.5) is 16.2 Å². The van der Waals surface area contributed by atoms with E-state index in [0.29, 0.717) is 17.9 Å². The molecule has 1 aromatic carbocycles. The number of urea groups is 1. The van der Waals surface area contributed by atoms with Crippen LogP contribution in [-0.4, -0.2) is 41.4 Å². The summed E-state index contributed by atoms with van der Waals surface area (Å²) in [6.45, 7) is 5.98. The number of benzene rings is 1. The lowest BCUT2D eigenvalue weighted by Gasteiger charge is -2.26. The lowest BCUT2D eigenvalue weighted by Crippen LogP contribution is -2.47. The maximum atomic E-state index is 13.3. The smallest absolute Gasteiger partial charge is 0.339 e. The first-order valence-corrected chi connectivity index (χ1v) is 12.4. The van der Waals surface area contributed by atoms with E-state index in [2.05, 4.69) is 22.5 Å². The van der Waals surface area contributed by atoms with Gasteiger partial charge in [-0.05, 0) is 31.5 Å². The summed E-state index contributed by atoms with van der Waals surface area (Å²) in [5, 5.41) is 4.64. The van der Waals surface area contributed by atoms with Gasteiger partial charge in [-0.25, -0.2) is 9.59 Å². The highest BCUT2D eigenvalue weighted by Crippen LogP contribution is 2.27. The summed E-state index contributed by atoms with van der Waals surface area (Å²) in [5.74, 6) is -0.707. The molecular formula is C22H30N4O4S2. The fraction of sp³-hybridized carbons (Fsp3) is 0.455. The van der Waals surface area contributed by atoms with Crippen LogP contribution in [0.3, 0.4) is 0 Å². The molecule has 0 fully saturated rings. The van der Waals surface area contributed by atoms with Gasteiger partial charge in [-0.1, -0.05) is 44.0 Å². The average Bonchev–Trinajstić information content (AvgIpc) is 3.26. The van der Waals surface area contributed by atoms with Crippen LogP contribution in [0.25, 0.3) is 0 Å². The number of nitrogens with one attached hydrogen (secondary N) is 2. The minimum absolute atomic E-state index is 0.190. The third kappa shape index (κ3) is 8.51. The number of carbonyl (C=O) groups is 3. The Balaban J connectivity index is 2.22. The standard InChI is InChI=1S/C22H30N4O4S2/c1-4-6-7-8-12-26(18-11-9-10-17(13-18)24-16(3)27)22(29)25-20(21(28)30-5-2)32-19-14-23-15-31-19/h9-11,13-15,20H,4-8,12H2,1-3H3,(H,24,27)(H,25,29). The largest absolute Gasteiger partial charge is 0.464 e. The van der Waals surface area contributed by atoms with Crippen LogP contribution < -0.4 is 15.5 Å². The van der Waals surface area contributed by atoms with Crippen molar-refractivity contribution in [3.05, 3.63) is 36.0 Å². The van der Waals surface area contributed by atoms with E-state index in [0.717, 1.165) is 29.9 Å². The van der Waals surface area contributed by atoms with Gasteiger partial charge in [0, 0.05) is 24.8 Å². The van der Waals surface area contributed by atoms with Crippen molar-refractivity contribution in [1.82, 2.24) is 10.3 Å². The van der Waals surface area contributed by atoms with Crippen molar-refractivity contribution in [2.45, 2.75) is 56.0 Å². The van der Waals surface area contributed by atoms with Crippen molar-refractivity contribution >= 4 is 52.4 Å². The first-order valence-electron chi connectivity index (χ1n) is 10.6. The Morgan fingerprint density at radius 2 is 2.03 bits per heavy atom. The highest BCUT2D eigenvalue weighted by Gasteiger charge is 2.27. The van der Waals surface area contributed by atoms with Crippen LogP contribution in [-0.2, 0) is 14.3 Å². The second-order valence-electron chi connectivity index (χ2n) is 6.96. The average molecular weight is 479 g/mol. The lowest BCUT2D eigenvalue weighted by atomic mass is 10.2. The molecule has 1 unspecified atom stereocenters. The van der Waals surface area contributed by atoms with E-state index in [9.17, 15) is 14.4 Å². The maximum Gasteiger partial charge on any atom is 0.339 e. The van der Waals surface area contributed by atoms with Crippen molar-refractivity contribution in [3.63, 3.8) is 0 Å². The summed E-state index contributed by atoms with van der Waals surface area (Å²) in [7, 11) is 0. The highest BCUT2D eigenvalue weighted by atomic mass is 32.2. The van der Waals surface area contributed by atoms with Gasteiger partial charge in [0.1, 0.15) is 0 Å². The molecule has 2 rings (SSSR count). The molecule has 0 spiro atoms. The van der Waals surface area contributed by atoms with Crippen LogP contribution in [0, 0.1) is 0 Å². The van der Waals surface area contributed by atoms with Crippen molar-refractivity contribution in [2.75, 3.05) is 23.4 Å². The number of amides is 3. The Bertz CT molecular complexity index is 877. The molecule has 32 heavy (non-hydrogen) atoms. The summed E-state index contributed by atoms with van der Waals surface area (Å²) in [6, 6.07) is 6.69. The Hall–Kier alpha value is -2.59. The molecule has 0 aliphatic rings. The summed E-state index contributed by atoms with van der Waals surface area (Å²) >= 11 is 2.58. The Morgan fingerprint density at radius 3 is 2.69 bits per heavy atom. The minimum atomic E-state index is -0.903. The van der Waals surface area contributed by atoms with Crippen molar-refractivity contribution in [2.24, 2.45) is 0 Å². The molecule has 0 saturated carbocycles. The SMILES string of the molecule is CCCCCCN(C(=O)NC(Sc1cncs1)C(=O)OCC)c1cccc(NC(C)=O)c1. The van der Waals surface area contributed by atoms with Gasteiger partial charge in [0.05, 0.1) is 22.5 Å². The molecule has 0 bridgehead atoms. The third-order valence-corrected chi connectivity index (χ3v) is 6.38. The maximum absolute atomic E-state index is 13.3. The topological polar surface area (TPSA) is 101 Å². The van der Waals surface area contributed by atoms with Gasteiger partial charge in [-0.15, -0.1) is 11.3 Å².